The fourth-order valence-electron chi connectivity index (χ4n) is 1.76. The van der Waals surface area contributed by atoms with Crippen molar-refractivity contribution in [2.24, 2.45) is 0 Å². The van der Waals surface area contributed by atoms with Crippen LogP contribution in [0.1, 0.15) is 29.2 Å². The average molecular weight is 177 g/mol. The predicted octanol–water partition coefficient (Wildman–Crippen LogP) is 2.04. The fraction of sp³-hybridized carbons (Fsp3) is 0.455. The number of phenols is 1. The third kappa shape index (κ3) is 1.42. The van der Waals surface area contributed by atoms with E-state index in [0.717, 1.165) is 17.7 Å². The molecule has 1 aromatic rings. The minimum atomic E-state index is 0.433. The van der Waals surface area contributed by atoms with Gasteiger partial charge in [0, 0.05) is 6.04 Å². The summed E-state index contributed by atoms with van der Waals surface area (Å²) in [6, 6.07) is 4.65. The van der Waals surface area contributed by atoms with Crippen molar-refractivity contribution >= 4 is 0 Å². The van der Waals surface area contributed by atoms with Crippen molar-refractivity contribution < 1.29 is 5.11 Å². The SMILES string of the molecule is Cc1cc([C@H]2CCN2)cc(C)c1O. The maximum atomic E-state index is 9.58. The van der Waals surface area contributed by atoms with E-state index in [-0.39, 0.29) is 0 Å². The first-order valence-electron chi connectivity index (χ1n) is 4.72. The first kappa shape index (κ1) is 8.57. The highest BCUT2D eigenvalue weighted by Gasteiger charge is 2.19. The molecule has 0 amide bonds. The van der Waals surface area contributed by atoms with Crippen LogP contribution in [0.25, 0.3) is 0 Å². The topological polar surface area (TPSA) is 32.3 Å². The molecule has 0 aliphatic carbocycles. The van der Waals surface area contributed by atoms with Gasteiger partial charge >= 0.3 is 0 Å². The zero-order chi connectivity index (χ0) is 9.42. The van der Waals surface area contributed by atoms with E-state index in [1.165, 1.54) is 12.0 Å². The second-order valence-corrected chi connectivity index (χ2v) is 3.80. The molecule has 1 fully saturated rings. The summed E-state index contributed by atoms with van der Waals surface area (Å²) in [5.41, 5.74) is 3.26. The summed E-state index contributed by atoms with van der Waals surface area (Å²) in [5.74, 6) is 0.433. The van der Waals surface area contributed by atoms with Gasteiger partial charge in [-0.25, -0.2) is 0 Å². The number of aryl methyl sites for hydroxylation is 2. The van der Waals surface area contributed by atoms with Crippen molar-refractivity contribution in [1.82, 2.24) is 5.32 Å². The van der Waals surface area contributed by atoms with Crippen LogP contribution in [-0.2, 0) is 0 Å². The number of rotatable bonds is 1. The Balaban J connectivity index is 2.37. The smallest absolute Gasteiger partial charge is 0.121 e. The van der Waals surface area contributed by atoms with Gasteiger partial charge in [-0.15, -0.1) is 0 Å². The number of hydrogen-bond acceptors (Lipinski definition) is 2. The molecule has 13 heavy (non-hydrogen) atoms. The van der Waals surface area contributed by atoms with Gasteiger partial charge in [-0.05, 0) is 43.5 Å². The molecule has 0 bridgehead atoms. The molecular weight excluding hydrogens is 162 g/mol. The molecule has 1 aliphatic heterocycles. The molecule has 70 valence electrons. The van der Waals surface area contributed by atoms with Crippen LogP contribution in [-0.4, -0.2) is 11.7 Å². The average Bonchev–Trinajstić information content (AvgIpc) is 1.96. The van der Waals surface area contributed by atoms with E-state index in [1.807, 2.05) is 13.8 Å². The molecule has 2 heteroatoms. The second kappa shape index (κ2) is 3.04. The highest BCUT2D eigenvalue weighted by Crippen LogP contribution is 2.29. The van der Waals surface area contributed by atoms with Gasteiger partial charge in [0.1, 0.15) is 5.75 Å². The highest BCUT2D eigenvalue weighted by atomic mass is 16.3. The molecular formula is C11H15NO. The maximum Gasteiger partial charge on any atom is 0.121 e. The molecule has 2 rings (SSSR count). The Kier molecular flexibility index (Phi) is 2.00. The quantitative estimate of drug-likeness (QED) is 0.688. The van der Waals surface area contributed by atoms with Gasteiger partial charge in [-0.1, -0.05) is 12.1 Å². The van der Waals surface area contributed by atoms with Crippen LogP contribution in [0.3, 0.4) is 0 Å². The molecule has 1 atom stereocenters. The number of hydrogen-bond donors (Lipinski definition) is 2. The second-order valence-electron chi connectivity index (χ2n) is 3.80. The van der Waals surface area contributed by atoms with Gasteiger partial charge < -0.3 is 10.4 Å². The summed E-state index contributed by atoms with van der Waals surface area (Å²) in [5, 5.41) is 12.9. The first-order chi connectivity index (χ1) is 6.18. The summed E-state index contributed by atoms with van der Waals surface area (Å²) in [4.78, 5) is 0. The normalized spacial score (nSPS) is 21.2. The lowest BCUT2D eigenvalue weighted by Gasteiger charge is -2.28. The molecule has 0 spiro atoms. The number of aromatic hydroxyl groups is 1. The highest BCUT2D eigenvalue weighted by molar-refractivity contribution is 5.43. The van der Waals surface area contributed by atoms with E-state index in [0.29, 0.717) is 11.8 Å². The van der Waals surface area contributed by atoms with Gasteiger partial charge in [0.2, 0.25) is 0 Å². The first-order valence-corrected chi connectivity index (χ1v) is 4.72. The van der Waals surface area contributed by atoms with E-state index in [4.69, 9.17) is 0 Å². The Hall–Kier alpha value is -1.02. The molecule has 0 aromatic heterocycles. The van der Waals surface area contributed by atoms with Gasteiger partial charge in [0.05, 0.1) is 0 Å². The van der Waals surface area contributed by atoms with Gasteiger partial charge in [0.25, 0.3) is 0 Å². The van der Waals surface area contributed by atoms with Gasteiger partial charge in [-0.2, -0.15) is 0 Å². The van der Waals surface area contributed by atoms with Crippen molar-refractivity contribution in [3.63, 3.8) is 0 Å². The minimum absolute atomic E-state index is 0.433. The minimum Gasteiger partial charge on any atom is -0.507 e. The van der Waals surface area contributed by atoms with Crippen molar-refractivity contribution in [1.29, 1.82) is 0 Å². The number of nitrogens with one attached hydrogen (secondary N) is 1. The van der Waals surface area contributed by atoms with E-state index in [2.05, 4.69) is 17.4 Å². The van der Waals surface area contributed by atoms with Crippen LogP contribution < -0.4 is 5.32 Å². The zero-order valence-corrected chi connectivity index (χ0v) is 8.09. The van der Waals surface area contributed by atoms with Crippen LogP contribution in [0.4, 0.5) is 0 Å². The number of benzene rings is 1. The summed E-state index contributed by atoms with van der Waals surface area (Å²) < 4.78 is 0. The molecule has 2 N–H and O–H groups in total. The lowest BCUT2D eigenvalue weighted by molar-refractivity contribution is 0.382. The fourth-order valence-corrected chi connectivity index (χ4v) is 1.76. The molecule has 0 saturated carbocycles. The molecule has 2 nitrogen and oxygen atoms in total. The van der Waals surface area contributed by atoms with E-state index in [1.54, 1.807) is 0 Å². The Morgan fingerprint density at radius 3 is 2.23 bits per heavy atom. The molecule has 1 aliphatic rings. The molecule has 1 aromatic carbocycles. The summed E-state index contributed by atoms with van der Waals surface area (Å²) in [7, 11) is 0. The third-order valence-corrected chi connectivity index (χ3v) is 2.74. The summed E-state index contributed by atoms with van der Waals surface area (Å²) in [6.07, 6.45) is 1.21. The van der Waals surface area contributed by atoms with Crippen molar-refractivity contribution in [3.8, 4) is 5.75 Å². The zero-order valence-electron chi connectivity index (χ0n) is 8.09. The van der Waals surface area contributed by atoms with Crippen molar-refractivity contribution in [3.05, 3.63) is 28.8 Å². The van der Waals surface area contributed by atoms with E-state index < -0.39 is 0 Å². The van der Waals surface area contributed by atoms with Crippen molar-refractivity contribution in [2.45, 2.75) is 26.3 Å². The Bertz CT molecular complexity index is 306. The van der Waals surface area contributed by atoms with Crippen LogP contribution in [0.5, 0.6) is 5.75 Å². The molecule has 1 heterocycles. The van der Waals surface area contributed by atoms with Gasteiger partial charge in [0.15, 0.2) is 0 Å². The van der Waals surface area contributed by atoms with Gasteiger partial charge in [-0.3, -0.25) is 0 Å². The van der Waals surface area contributed by atoms with Crippen LogP contribution >= 0.6 is 0 Å². The molecule has 1 saturated heterocycles. The number of phenolic OH excluding ortho intramolecular Hbond substituents is 1. The molecule has 0 radical (unpaired) electrons. The van der Waals surface area contributed by atoms with E-state index >= 15 is 0 Å². The molecule has 0 unspecified atom stereocenters. The Morgan fingerprint density at radius 1 is 1.31 bits per heavy atom. The monoisotopic (exact) mass is 177 g/mol. The Labute approximate surface area is 78.6 Å². The van der Waals surface area contributed by atoms with Crippen LogP contribution in [0.15, 0.2) is 12.1 Å². The lowest BCUT2D eigenvalue weighted by atomic mass is 9.94. The maximum absolute atomic E-state index is 9.58. The summed E-state index contributed by atoms with van der Waals surface area (Å²) >= 11 is 0. The van der Waals surface area contributed by atoms with Crippen LogP contribution in [0, 0.1) is 13.8 Å². The summed E-state index contributed by atoms with van der Waals surface area (Å²) in [6.45, 7) is 5.01. The predicted molar refractivity (Wildman–Crippen MR) is 52.9 cm³/mol. The third-order valence-electron chi connectivity index (χ3n) is 2.74. The van der Waals surface area contributed by atoms with E-state index in [9.17, 15) is 5.11 Å². The van der Waals surface area contributed by atoms with Crippen molar-refractivity contribution in [2.75, 3.05) is 6.54 Å². The standard InChI is InChI=1S/C11H15NO/c1-7-5-9(10-3-4-12-10)6-8(2)11(7)13/h5-6,10,12-13H,3-4H2,1-2H3/t10-/m1/s1. The van der Waals surface area contributed by atoms with Crippen LogP contribution in [0.2, 0.25) is 0 Å². The Morgan fingerprint density at radius 2 is 1.85 bits per heavy atom. The largest absolute Gasteiger partial charge is 0.507 e. The lowest BCUT2D eigenvalue weighted by Crippen LogP contribution is -2.34.